The van der Waals surface area contributed by atoms with Gasteiger partial charge in [0.05, 0.1) is 5.75 Å². The quantitative estimate of drug-likeness (QED) is 0.655. The lowest BCUT2D eigenvalue weighted by molar-refractivity contribution is 0.213. The fraction of sp³-hybridized carbons (Fsp3) is 0.500. The fourth-order valence-electron chi connectivity index (χ4n) is 1.78. The van der Waals surface area contributed by atoms with Crippen LogP contribution in [0.4, 0.5) is 5.69 Å². The van der Waals surface area contributed by atoms with Gasteiger partial charge >= 0.3 is 0 Å². The summed E-state index contributed by atoms with van der Waals surface area (Å²) in [6.45, 7) is 0.349. The minimum absolute atomic E-state index is 0.0355. The van der Waals surface area contributed by atoms with Crippen molar-refractivity contribution in [1.82, 2.24) is 4.72 Å². The van der Waals surface area contributed by atoms with Crippen LogP contribution in [0.3, 0.4) is 0 Å². The van der Waals surface area contributed by atoms with Crippen LogP contribution in [0.25, 0.3) is 0 Å². The summed E-state index contributed by atoms with van der Waals surface area (Å²) in [5.41, 5.74) is 6.60. The molecule has 100 valence electrons. The van der Waals surface area contributed by atoms with Crippen molar-refractivity contribution in [3.63, 3.8) is 0 Å². The van der Waals surface area contributed by atoms with E-state index in [1.54, 1.807) is 24.3 Å². The summed E-state index contributed by atoms with van der Waals surface area (Å²) in [5, 5.41) is 9.13. The molecule has 6 heteroatoms. The summed E-state index contributed by atoms with van der Waals surface area (Å²) < 4.78 is 26.3. The Kier molecular flexibility index (Phi) is 3.61. The fourth-order valence-corrected chi connectivity index (χ4v) is 3.03. The lowest BCUT2D eigenvalue weighted by Crippen LogP contribution is -2.32. The molecule has 4 N–H and O–H groups in total. The van der Waals surface area contributed by atoms with Crippen molar-refractivity contribution in [2.24, 2.45) is 5.41 Å². The van der Waals surface area contributed by atoms with Gasteiger partial charge in [0, 0.05) is 24.3 Å². The number of nitrogen functional groups attached to an aromatic ring is 1. The topological polar surface area (TPSA) is 92.4 Å². The maximum atomic E-state index is 11.9. The third kappa shape index (κ3) is 3.44. The molecule has 0 unspecified atom stereocenters. The van der Waals surface area contributed by atoms with Gasteiger partial charge in [0.15, 0.2) is 0 Å². The van der Waals surface area contributed by atoms with Crippen molar-refractivity contribution in [2.45, 2.75) is 18.6 Å². The van der Waals surface area contributed by atoms with Gasteiger partial charge in [-0.3, -0.25) is 0 Å². The van der Waals surface area contributed by atoms with E-state index in [-0.39, 0.29) is 17.8 Å². The molecule has 0 aromatic heterocycles. The number of anilines is 1. The number of rotatable bonds is 6. The van der Waals surface area contributed by atoms with Gasteiger partial charge in [0.25, 0.3) is 0 Å². The summed E-state index contributed by atoms with van der Waals surface area (Å²) in [6, 6.07) is 6.83. The van der Waals surface area contributed by atoms with Gasteiger partial charge in [0.1, 0.15) is 0 Å². The van der Waals surface area contributed by atoms with Crippen LogP contribution in [-0.2, 0) is 15.8 Å². The van der Waals surface area contributed by atoms with Gasteiger partial charge in [-0.25, -0.2) is 13.1 Å². The zero-order valence-corrected chi connectivity index (χ0v) is 10.9. The molecule has 0 atom stereocenters. The first-order valence-corrected chi connectivity index (χ1v) is 7.53. The molecule has 0 radical (unpaired) electrons. The van der Waals surface area contributed by atoms with Crippen molar-refractivity contribution in [1.29, 1.82) is 0 Å². The Morgan fingerprint density at radius 1 is 1.39 bits per heavy atom. The van der Waals surface area contributed by atoms with E-state index in [2.05, 4.69) is 4.72 Å². The molecule has 1 aliphatic carbocycles. The molecule has 1 aliphatic rings. The highest BCUT2D eigenvalue weighted by Crippen LogP contribution is 2.44. The number of hydrogen-bond acceptors (Lipinski definition) is 4. The first kappa shape index (κ1) is 13.3. The maximum absolute atomic E-state index is 11.9. The van der Waals surface area contributed by atoms with Crippen LogP contribution < -0.4 is 10.5 Å². The Labute approximate surface area is 107 Å². The standard InChI is InChI=1S/C12H18N2O3S/c13-11-3-1-2-10(6-11)7-18(16,17)14-8-12(9-15)4-5-12/h1-3,6,14-15H,4-5,7-9,13H2. The zero-order valence-electron chi connectivity index (χ0n) is 10.1. The molecule has 0 bridgehead atoms. The highest BCUT2D eigenvalue weighted by atomic mass is 32.2. The number of hydrogen-bond donors (Lipinski definition) is 3. The summed E-state index contributed by atoms with van der Waals surface area (Å²) in [4.78, 5) is 0. The number of nitrogens with one attached hydrogen (secondary N) is 1. The molecule has 1 saturated carbocycles. The molecule has 0 heterocycles. The Morgan fingerprint density at radius 3 is 2.67 bits per heavy atom. The number of aliphatic hydroxyl groups is 1. The predicted molar refractivity (Wildman–Crippen MR) is 70.2 cm³/mol. The molecular weight excluding hydrogens is 252 g/mol. The Bertz CT molecular complexity index is 524. The number of benzene rings is 1. The van der Waals surface area contributed by atoms with E-state index < -0.39 is 10.0 Å². The molecule has 0 saturated heterocycles. The monoisotopic (exact) mass is 270 g/mol. The van der Waals surface area contributed by atoms with E-state index in [4.69, 9.17) is 10.8 Å². The molecule has 1 aromatic carbocycles. The lowest BCUT2D eigenvalue weighted by atomic mass is 10.1. The van der Waals surface area contributed by atoms with Crippen molar-refractivity contribution < 1.29 is 13.5 Å². The van der Waals surface area contributed by atoms with Crippen LogP contribution in [0.15, 0.2) is 24.3 Å². The van der Waals surface area contributed by atoms with Crippen molar-refractivity contribution in [3.8, 4) is 0 Å². The van der Waals surface area contributed by atoms with Crippen LogP contribution in [0.2, 0.25) is 0 Å². The summed E-state index contributed by atoms with van der Waals surface area (Å²) in [5.74, 6) is -0.0838. The van der Waals surface area contributed by atoms with Gasteiger partial charge in [-0.05, 0) is 30.5 Å². The molecule has 5 nitrogen and oxygen atoms in total. The average Bonchev–Trinajstić information content (AvgIpc) is 3.07. The van der Waals surface area contributed by atoms with Crippen molar-refractivity contribution in [2.75, 3.05) is 18.9 Å². The molecule has 18 heavy (non-hydrogen) atoms. The van der Waals surface area contributed by atoms with Gasteiger partial charge in [-0.2, -0.15) is 0 Å². The van der Waals surface area contributed by atoms with Gasteiger partial charge in [-0.1, -0.05) is 12.1 Å². The minimum atomic E-state index is -3.37. The normalized spacial score (nSPS) is 17.6. The van der Waals surface area contributed by atoms with E-state index in [0.717, 1.165) is 12.8 Å². The van der Waals surface area contributed by atoms with Gasteiger partial charge in [0.2, 0.25) is 10.0 Å². The van der Waals surface area contributed by atoms with Crippen molar-refractivity contribution in [3.05, 3.63) is 29.8 Å². The molecular formula is C12H18N2O3S. The second kappa shape index (κ2) is 4.87. The van der Waals surface area contributed by atoms with Gasteiger partial charge < -0.3 is 10.8 Å². The third-order valence-electron chi connectivity index (χ3n) is 3.27. The Balaban J connectivity index is 1.95. The average molecular weight is 270 g/mol. The highest BCUT2D eigenvalue weighted by molar-refractivity contribution is 7.88. The SMILES string of the molecule is Nc1cccc(CS(=O)(=O)NCC2(CO)CC2)c1. The number of nitrogens with two attached hydrogens (primary N) is 1. The second-order valence-corrected chi connectivity index (χ2v) is 6.79. The Hall–Kier alpha value is -1.11. The van der Waals surface area contributed by atoms with Crippen LogP contribution in [-0.4, -0.2) is 26.7 Å². The van der Waals surface area contributed by atoms with Crippen LogP contribution in [0.5, 0.6) is 0 Å². The maximum Gasteiger partial charge on any atom is 0.215 e. The van der Waals surface area contributed by atoms with Crippen molar-refractivity contribution >= 4 is 15.7 Å². The molecule has 0 aliphatic heterocycles. The van der Waals surface area contributed by atoms with Crippen LogP contribution in [0.1, 0.15) is 18.4 Å². The number of sulfonamides is 1. The van der Waals surface area contributed by atoms with E-state index in [0.29, 0.717) is 17.8 Å². The van der Waals surface area contributed by atoms with E-state index in [1.807, 2.05) is 0 Å². The molecule has 0 spiro atoms. The third-order valence-corrected chi connectivity index (χ3v) is 4.56. The summed E-state index contributed by atoms with van der Waals surface area (Å²) >= 11 is 0. The highest BCUT2D eigenvalue weighted by Gasteiger charge is 2.42. The summed E-state index contributed by atoms with van der Waals surface area (Å²) in [6.07, 6.45) is 1.76. The Morgan fingerprint density at radius 2 is 2.11 bits per heavy atom. The smallest absolute Gasteiger partial charge is 0.215 e. The second-order valence-electron chi connectivity index (χ2n) is 4.98. The van der Waals surface area contributed by atoms with Gasteiger partial charge in [-0.15, -0.1) is 0 Å². The van der Waals surface area contributed by atoms with E-state index >= 15 is 0 Å². The molecule has 1 aromatic rings. The number of aliphatic hydroxyl groups excluding tert-OH is 1. The van der Waals surface area contributed by atoms with E-state index in [9.17, 15) is 8.42 Å². The summed E-state index contributed by atoms with van der Waals surface area (Å²) in [7, 11) is -3.37. The molecule has 1 fully saturated rings. The zero-order chi connectivity index (χ0) is 13.2. The lowest BCUT2D eigenvalue weighted by Gasteiger charge is -2.13. The first-order chi connectivity index (χ1) is 8.45. The van der Waals surface area contributed by atoms with Crippen LogP contribution >= 0.6 is 0 Å². The molecule has 2 rings (SSSR count). The van der Waals surface area contributed by atoms with Crippen LogP contribution in [0, 0.1) is 5.41 Å². The van der Waals surface area contributed by atoms with E-state index in [1.165, 1.54) is 0 Å². The first-order valence-electron chi connectivity index (χ1n) is 5.87. The predicted octanol–water partition coefficient (Wildman–Crippen LogP) is 0.461. The molecule has 0 amide bonds. The largest absolute Gasteiger partial charge is 0.399 e. The minimum Gasteiger partial charge on any atom is -0.399 e.